The topological polar surface area (TPSA) is 24.1 Å². The van der Waals surface area contributed by atoms with E-state index in [1.165, 1.54) is 97.9 Å². The number of allylic oxidation sites excluding steroid dienone is 3. The van der Waals surface area contributed by atoms with Crippen LogP contribution in [0, 0.1) is 41.5 Å². The Morgan fingerprint density at radius 2 is 1.20 bits per heavy atom. The van der Waals surface area contributed by atoms with Crippen LogP contribution in [0.5, 0.6) is 0 Å². The van der Waals surface area contributed by atoms with Crippen LogP contribution in [0.2, 0.25) is 0 Å². The maximum Gasteiger partial charge on any atom is 0.0986 e. The van der Waals surface area contributed by atoms with Crippen molar-refractivity contribution in [3.63, 3.8) is 0 Å². The predicted octanol–water partition coefficient (Wildman–Crippen LogP) is 10.4. The molecule has 2 nitrogen and oxygen atoms in total. The zero-order valence-electron chi connectivity index (χ0n) is 29.1. The Morgan fingerprint density at radius 1 is 0.727 bits per heavy atom. The molecule has 3 saturated carbocycles. The first-order chi connectivity index (χ1) is 21.1. The van der Waals surface area contributed by atoms with E-state index < -0.39 is 6.89 Å². The molecule has 4 aliphatic rings. The molecule has 238 valence electrons. The van der Waals surface area contributed by atoms with Gasteiger partial charge in [0, 0.05) is 24.2 Å². The van der Waals surface area contributed by atoms with Gasteiger partial charge in [-0.05, 0) is 144 Å². The highest BCUT2D eigenvalue weighted by Gasteiger charge is 2.59. The number of rotatable bonds is 6. The summed E-state index contributed by atoms with van der Waals surface area (Å²) in [5, 5.41) is 7.90. The van der Waals surface area contributed by atoms with Gasteiger partial charge in [-0.1, -0.05) is 85.4 Å². The SMILES string of the molecule is CC(C)=CC=P(C1CCCC1)(C1CCCC1)C1(c2c(C)cc(C)cc2C)CC(=C2NCCN2)C(c2c(C)cc(C)cc2C)C1. The first-order valence-corrected chi connectivity index (χ1v) is 19.8. The summed E-state index contributed by atoms with van der Waals surface area (Å²) < 4.78 is 0. The van der Waals surface area contributed by atoms with Crippen molar-refractivity contribution in [1.82, 2.24) is 10.6 Å². The Balaban J connectivity index is 1.74. The Hall–Kier alpha value is -2.18. The molecular formula is C41H59N2P. The second kappa shape index (κ2) is 12.5. The fourth-order valence-electron chi connectivity index (χ4n) is 10.8. The van der Waals surface area contributed by atoms with Crippen LogP contribution in [0.15, 0.2) is 47.3 Å². The van der Waals surface area contributed by atoms with E-state index in [1.54, 1.807) is 27.8 Å². The van der Waals surface area contributed by atoms with Crippen molar-refractivity contribution in [3.05, 3.63) is 91.8 Å². The van der Waals surface area contributed by atoms with Gasteiger partial charge in [0.2, 0.25) is 0 Å². The van der Waals surface area contributed by atoms with E-state index in [-0.39, 0.29) is 5.16 Å². The Morgan fingerprint density at radius 3 is 1.68 bits per heavy atom. The largest absolute Gasteiger partial charge is 0.370 e. The molecule has 2 unspecified atom stereocenters. The number of hydrogen-bond acceptors (Lipinski definition) is 2. The van der Waals surface area contributed by atoms with Gasteiger partial charge < -0.3 is 10.6 Å². The van der Waals surface area contributed by atoms with Crippen LogP contribution in [0.4, 0.5) is 0 Å². The minimum Gasteiger partial charge on any atom is -0.370 e. The van der Waals surface area contributed by atoms with Crippen LogP contribution >= 0.6 is 6.89 Å². The maximum atomic E-state index is 3.88. The number of benzene rings is 2. The van der Waals surface area contributed by atoms with Crippen molar-refractivity contribution in [2.45, 2.75) is 142 Å². The minimum absolute atomic E-state index is 0.146. The second-order valence-corrected chi connectivity index (χ2v) is 19.7. The van der Waals surface area contributed by atoms with E-state index >= 15 is 0 Å². The third kappa shape index (κ3) is 5.36. The molecular weight excluding hydrogens is 551 g/mol. The standard InChI is InChI=1S/C41H59N2P/c1-27(2)17-20-44(34-13-9-10-14-34,35-15-11-12-16-35)41(39-32(7)23-29(4)24-33(39)8)25-36(37(26-41)40-42-18-19-43-40)38-30(5)21-28(3)22-31(38)6/h17,20-24,34-36,42-43H,9-16,18-19,25-26H2,1-8H3. The molecule has 0 bridgehead atoms. The van der Waals surface area contributed by atoms with Crippen LogP contribution in [0.1, 0.15) is 128 Å². The van der Waals surface area contributed by atoms with Gasteiger partial charge in [0.05, 0.1) is 5.82 Å². The smallest absolute Gasteiger partial charge is 0.0986 e. The van der Waals surface area contributed by atoms with E-state index in [1.807, 2.05) is 0 Å². The average molecular weight is 611 g/mol. The highest BCUT2D eigenvalue weighted by Crippen LogP contribution is 2.81. The summed E-state index contributed by atoms with van der Waals surface area (Å²) >= 11 is 0. The summed E-state index contributed by atoms with van der Waals surface area (Å²) in [6.45, 7) is 19.3. The molecule has 0 radical (unpaired) electrons. The Kier molecular flexibility index (Phi) is 9.07. The first kappa shape index (κ1) is 31.8. The summed E-state index contributed by atoms with van der Waals surface area (Å²) in [6, 6.07) is 9.96. The van der Waals surface area contributed by atoms with Crippen LogP contribution in [0.25, 0.3) is 0 Å². The molecule has 1 saturated heterocycles. The van der Waals surface area contributed by atoms with Gasteiger partial charge in [0.1, 0.15) is 0 Å². The summed E-state index contributed by atoms with van der Waals surface area (Å²) in [5.74, 6) is 4.75. The van der Waals surface area contributed by atoms with E-state index in [2.05, 4.69) is 102 Å². The molecule has 4 fully saturated rings. The summed E-state index contributed by atoms with van der Waals surface area (Å²) in [4.78, 5) is 0. The van der Waals surface area contributed by atoms with Crippen molar-refractivity contribution in [3.8, 4) is 0 Å². The molecule has 6 rings (SSSR count). The molecule has 2 aromatic carbocycles. The lowest BCUT2D eigenvalue weighted by molar-refractivity contribution is 0.584. The summed E-state index contributed by atoms with van der Waals surface area (Å²) in [5.41, 5.74) is 17.0. The molecule has 2 aromatic rings. The fourth-order valence-corrected chi connectivity index (χ4v) is 18.3. The zero-order chi connectivity index (χ0) is 31.2. The Labute approximate surface area is 269 Å². The van der Waals surface area contributed by atoms with E-state index in [0.717, 1.165) is 24.4 Å². The van der Waals surface area contributed by atoms with Crippen LogP contribution in [-0.4, -0.2) is 30.2 Å². The highest BCUT2D eigenvalue weighted by atomic mass is 31.2. The van der Waals surface area contributed by atoms with Gasteiger partial charge in [-0.3, -0.25) is 0 Å². The molecule has 0 spiro atoms. The first-order valence-electron chi connectivity index (χ1n) is 17.8. The number of hydrogen-bond donors (Lipinski definition) is 2. The Bertz CT molecular complexity index is 1450. The van der Waals surface area contributed by atoms with E-state index in [0.29, 0.717) is 5.92 Å². The van der Waals surface area contributed by atoms with Gasteiger partial charge in [-0.25, -0.2) is 0 Å². The quantitative estimate of drug-likeness (QED) is 0.318. The normalized spacial score (nSPS) is 24.6. The van der Waals surface area contributed by atoms with Gasteiger partial charge in [0.15, 0.2) is 0 Å². The monoisotopic (exact) mass is 610 g/mol. The average Bonchev–Trinajstić information content (AvgIpc) is 3.77. The molecule has 44 heavy (non-hydrogen) atoms. The fraction of sp³-hybridized carbons (Fsp3) is 0.585. The maximum absolute atomic E-state index is 3.88. The predicted molar refractivity (Wildman–Crippen MR) is 195 cm³/mol. The molecule has 3 aliphatic carbocycles. The number of aryl methyl sites for hydroxylation is 6. The lowest BCUT2D eigenvalue weighted by atomic mass is 9.83. The van der Waals surface area contributed by atoms with Crippen molar-refractivity contribution in [2.75, 3.05) is 13.1 Å². The van der Waals surface area contributed by atoms with Gasteiger partial charge in [-0.2, -0.15) is 0 Å². The van der Waals surface area contributed by atoms with Crippen molar-refractivity contribution >= 4 is 12.7 Å². The van der Waals surface area contributed by atoms with E-state index in [4.69, 9.17) is 0 Å². The molecule has 1 heterocycles. The molecule has 2 atom stereocenters. The summed E-state index contributed by atoms with van der Waals surface area (Å²) in [7, 11) is 0. The number of nitrogens with one attached hydrogen (secondary N) is 2. The summed E-state index contributed by atoms with van der Waals surface area (Å²) in [6.07, 6.45) is 16.4. The molecule has 0 amide bonds. The molecule has 3 heteroatoms. The third-order valence-electron chi connectivity index (χ3n) is 12.0. The van der Waals surface area contributed by atoms with Crippen LogP contribution in [0.3, 0.4) is 0 Å². The lowest BCUT2D eigenvalue weighted by Crippen LogP contribution is -2.36. The zero-order valence-corrected chi connectivity index (χ0v) is 30.0. The van der Waals surface area contributed by atoms with Crippen molar-refractivity contribution in [2.24, 2.45) is 0 Å². The van der Waals surface area contributed by atoms with Crippen molar-refractivity contribution in [1.29, 1.82) is 0 Å². The molecule has 1 aliphatic heterocycles. The van der Waals surface area contributed by atoms with E-state index in [9.17, 15) is 0 Å². The minimum atomic E-state index is -1.68. The van der Waals surface area contributed by atoms with Gasteiger partial charge in [0.25, 0.3) is 0 Å². The molecule has 2 N–H and O–H groups in total. The van der Waals surface area contributed by atoms with Crippen LogP contribution < -0.4 is 10.6 Å². The molecule has 0 aromatic heterocycles. The highest BCUT2D eigenvalue weighted by molar-refractivity contribution is 7.77. The van der Waals surface area contributed by atoms with Crippen molar-refractivity contribution < 1.29 is 0 Å². The van der Waals surface area contributed by atoms with Crippen LogP contribution in [-0.2, 0) is 5.16 Å². The van der Waals surface area contributed by atoms with Gasteiger partial charge in [-0.15, -0.1) is 0 Å². The third-order valence-corrected chi connectivity index (χ3v) is 18.1. The lowest BCUT2D eigenvalue weighted by Gasteiger charge is -2.53. The second-order valence-electron chi connectivity index (χ2n) is 15.4. The van der Waals surface area contributed by atoms with Gasteiger partial charge >= 0.3 is 0 Å².